The molecule has 5 fully saturated rings. The molecule has 7 aromatic heterocycles. The Kier molecular flexibility index (Phi) is 39.1. The largest absolute Gasteiger partial charge is 0.494 e. The molecule has 5 saturated heterocycles. The lowest BCUT2D eigenvalue weighted by atomic mass is 9.79. The highest BCUT2D eigenvalue weighted by Crippen LogP contribution is 2.40. The Morgan fingerprint density at radius 3 is 1.13 bits per heavy atom. The third-order valence-electron chi connectivity index (χ3n) is 21.9. The third kappa shape index (κ3) is 34.2. The molecule has 144 heavy (non-hydrogen) atoms. The minimum Gasteiger partial charge on any atom is -0.456 e. The number of fused-ring (bicyclic) bond motifs is 4. The van der Waals surface area contributed by atoms with Crippen molar-refractivity contribution < 1.29 is 88.5 Å². The van der Waals surface area contributed by atoms with E-state index < -0.39 is 102 Å². The van der Waals surface area contributed by atoms with Crippen molar-refractivity contribution in [3.8, 4) is 57.4 Å². The highest BCUT2D eigenvalue weighted by atomic mass is 127. The molecule has 5 aromatic carbocycles. The van der Waals surface area contributed by atoms with Crippen molar-refractivity contribution in [1.29, 1.82) is 0 Å². The molecular formula is C94H120B2Br2Cl2IN17O19S5Si2. The Balaban J connectivity index is 0.000000163. The number of aromatic nitrogens is 12. The molecule has 774 valence electrons. The first-order chi connectivity index (χ1) is 67.3. The highest BCUT2D eigenvalue weighted by Gasteiger charge is 2.53. The summed E-state index contributed by atoms with van der Waals surface area (Å²) in [6.07, 6.45) is 21.9. The molecule has 4 N–H and O–H groups in total. The van der Waals surface area contributed by atoms with Crippen LogP contribution >= 0.6 is 77.7 Å². The van der Waals surface area contributed by atoms with Gasteiger partial charge in [0.1, 0.15) is 64.8 Å². The summed E-state index contributed by atoms with van der Waals surface area (Å²) in [5.74, 6) is 1.64. The molecule has 0 spiro atoms. The first kappa shape index (κ1) is 115. The van der Waals surface area contributed by atoms with Crippen LogP contribution in [0.15, 0.2) is 201 Å². The van der Waals surface area contributed by atoms with Crippen LogP contribution in [0.5, 0.6) is 12.0 Å². The molecule has 17 rings (SSSR count). The fourth-order valence-electron chi connectivity index (χ4n) is 14.2. The van der Waals surface area contributed by atoms with E-state index in [2.05, 4.69) is 155 Å². The number of hydrogen-bond donors (Lipinski definition) is 4. The predicted octanol–water partition coefficient (Wildman–Crippen LogP) is 16.3. The summed E-state index contributed by atoms with van der Waals surface area (Å²) in [4.78, 5) is 44.4. The summed E-state index contributed by atoms with van der Waals surface area (Å²) in [7, 11) is -15.2. The number of aliphatic hydroxyl groups is 2. The predicted molar refractivity (Wildman–Crippen MR) is 591 cm³/mol. The molecule has 0 radical (unpaired) electrons. The maximum absolute atomic E-state index is 12.0. The lowest BCUT2D eigenvalue weighted by Gasteiger charge is -2.32. The smallest absolute Gasteiger partial charge is 0.456 e. The van der Waals surface area contributed by atoms with Crippen LogP contribution in [-0.4, -0.2) is 293 Å². The van der Waals surface area contributed by atoms with Crippen LogP contribution in [0.1, 0.15) is 27.7 Å². The number of aliphatic hydroxyl groups excluding tert-OH is 2. The molecule has 5 aliphatic rings. The zero-order valence-corrected chi connectivity index (χ0v) is 96.4. The molecular weight excluding hydrogens is 2270 g/mol. The van der Waals surface area contributed by atoms with Crippen molar-refractivity contribution in [1.82, 2.24) is 59.0 Å². The van der Waals surface area contributed by atoms with E-state index in [1.165, 1.54) is 12.4 Å². The number of rotatable bonds is 25. The molecule has 0 aliphatic carbocycles. The molecule has 8 atom stereocenters. The fourth-order valence-corrected chi connectivity index (χ4v) is 20.1. The van der Waals surface area contributed by atoms with Gasteiger partial charge in [-0.15, -0.1) is 0 Å². The van der Waals surface area contributed by atoms with Gasteiger partial charge in [-0.05, 0) is 205 Å². The van der Waals surface area contributed by atoms with E-state index in [0.717, 1.165) is 48.9 Å². The van der Waals surface area contributed by atoms with Crippen LogP contribution < -0.4 is 20.4 Å². The van der Waals surface area contributed by atoms with E-state index in [9.17, 15) is 31.3 Å². The van der Waals surface area contributed by atoms with Crippen molar-refractivity contribution in [2.75, 3.05) is 102 Å². The SMILES string of the molecule is CC1(C)OB(c2ccc(N=S(C)(C)=O)cc2)OC1(C)C.CS(C)(=O)=Nc1ccc(-c2ncc(B(O)O)cn2)cc1.CS(C)(=O)=Nc1ccc(-c2ncc(Br)cn2)cc1.CS(C)(=O)=Nc1ccc(Br)cc1.C[Si](C)(C)CCOCn1c(O[C@@H]2CO[C@H]3[C@@H]2OC[C@H]3O)nc2cc(Cl)c(-c3cnc(-c4ccc(N=S(C)(C)=O)cc4)nc3)nc21.C[Si](C)(C)CCOCn1c(O[C@@H]2CO[C@H]3[C@@H]2OC[C@H]3O)nc2cc(Cl)c(I)nc21. The van der Waals surface area contributed by atoms with Crippen LogP contribution in [0, 0.1) is 3.70 Å². The van der Waals surface area contributed by atoms with E-state index in [-0.39, 0.29) is 75.4 Å². The Bertz CT molecular complexity index is 7110. The van der Waals surface area contributed by atoms with Crippen molar-refractivity contribution >= 4 is 218 Å². The lowest BCUT2D eigenvalue weighted by molar-refractivity contribution is 0.00332. The summed E-state index contributed by atoms with van der Waals surface area (Å²) >= 11 is 21.7. The number of imidazole rings is 2. The average Bonchev–Trinajstić information content (AvgIpc) is 1.63. The van der Waals surface area contributed by atoms with Gasteiger partial charge >= 0.3 is 26.3 Å². The molecule has 0 saturated carbocycles. The highest BCUT2D eigenvalue weighted by molar-refractivity contribution is 14.1. The molecule has 0 unspecified atom stereocenters. The summed E-state index contributed by atoms with van der Waals surface area (Å²) < 4.78 is 144. The van der Waals surface area contributed by atoms with Crippen molar-refractivity contribution in [3.63, 3.8) is 0 Å². The van der Waals surface area contributed by atoms with Crippen molar-refractivity contribution in [2.24, 2.45) is 21.8 Å². The molecule has 0 bridgehead atoms. The minimum atomic E-state index is -2.25. The Morgan fingerprint density at radius 1 is 0.451 bits per heavy atom. The molecule has 36 nitrogen and oxygen atoms in total. The van der Waals surface area contributed by atoms with Crippen molar-refractivity contribution in [2.45, 2.75) is 153 Å². The van der Waals surface area contributed by atoms with Gasteiger partial charge in [0.25, 0.3) is 0 Å². The van der Waals surface area contributed by atoms with Gasteiger partial charge in [0.05, 0.1) is 86.3 Å². The van der Waals surface area contributed by atoms with Crippen LogP contribution in [0.2, 0.25) is 61.4 Å². The number of pyridine rings is 2. The Labute approximate surface area is 885 Å². The maximum atomic E-state index is 12.0. The molecule has 12 heterocycles. The molecule has 12 aromatic rings. The first-order valence-corrected chi connectivity index (χ1v) is 67.8. The van der Waals surface area contributed by atoms with E-state index in [1.807, 2.05) is 117 Å². The van der Waals surface area contributed by atoms with E-state index in [4.69, 9.17) is 90.4 Å². The molecule has 50 heteroatoms. The average molecular weight is 2390 g/mol. The van der Waals surface area contributed by atoms with E-state index in [1.54, 1.807) is 140 Å². The maximum Gasteiger partial charge on any atom is 0.494 e. The number of hydrogen-bond acceptors (Lipinski definition) is 34. The summed E-state index contributed by atoms with van der Waals surface area (Å²) in [6.45, 7) is 24.7. The van der Waals surface area contributed by atoms with Gasteiger partial charge in [0, 0.05) is 210 Å². The Hall–Kier alpha value is -7.72. The fraction of sp³-hybridized carbons (Fsp3) is 0.426. The van der Waals surface area contributed by atoms with Gasteiger partial charge in [-0.1, -0.05) is 90.5 Å². The zero-order valence-electron chi connectivity index (χ0n) is 83.5. The van der Waals surface area contributed by atoms with Crippen molar-refractivity contribution in [3.05, 3.63) is 193 Å². The summed E-state index contributed by atoms with van der Waals surface area (Å²) in [6, 6.07) is 42.8. The van der Waals surface area contributed by atoms with Crippen LogP contribution in [-0.2, 0) is 99.8 Å². The summed E-state index contributed by atoms with van der Waals surface area (Å²) in [5, 5.41) is 39.0. The topological polar surface area (TPSA) is 459 Å². The second-order valence-corrected chi connectivity index (χ2v) is 66.8. The third-order valence-corrected chi connectivity index (χ3v) is 31.2. The molecule has 0 amide bonds. The standard InChI is InChI=1S/C30H37ClN6O6SSi.C18H25ClIN3O5Si.C14H22BNO3S.C12H14BN3O3S.C12H12BrN3OS.C8H10BrNOS/c1-44(2,39)36-20-8-6-18(7-9-20)28-32-13-19(14-33-28)25-21(31)12-22-29(35-25)37(17-40-10-11-45(3,4)5)30(34-22)43-24-16-42-26-23(38)15-41-27(24)26;1-29(2,3)5-4-25-9-23-17-11(6-10(19)16(20)22-17)21-18(23)28-13-8-27-14-12(24)7-26-15(13)14;1-13(2)14(3,4)19-15(18-13)11-7-9-12(10-8-11)16-20(5,6)17;1-20(2,19)16-11-5-3-9(4-6-11)12-14-7-10(8-15-12)13(17)18;1-18(2,17)16-11-5-3-9(4-6-11)12-14-7-10(13)8-15-12;1-12(2,11)10-8-5-3-7(9)4-6-8/h6-9,12-14,23-24,26-27,38H,10-11,15-17H2,1-5H3;6,12-15,24H,4-5,7-9H2,1-3H3;7-10H,1-6H3;3-8,17-18H,1-2H3;3-8H,1-2H3;3-6H,1-2H3/t23-,24-,26-,27-;12-,13-,14-,15-;;;;/m11..../s1. The lowest BCUT2D eigenvalue weighted by Crippen LogP contribution is -2.41. The van der Waals surface area contributed by atoms with E-state index >= 15 is 0 Å². The number of benzene rings is 5. The quantitative estimate of drug-likeness (QED) is 0.0179. The van der Waals surface area contributed by atoms with Gasteiger partial charge in [-0.25, -0.2) is 60.9 Å². The van der Waals surface area contributed by atoms with Crippen LogP contribution in [0.25, 0.3) is 67.7 Å². The van der Waals surface area contributed by atoms with Crippen LogP contribution in [0.4, 0.5) is 28.4 Å². The second kappa shape index (κ2) is 48.9. The van der Waals surface area contributed by atoms with Gasteiger partial charge in [0.2, 0.25) is 0 Å². The Morgan fingerprint density at radius 2 is 0.778 bits per heavy atom. The first-order valence-electron chi connectivity index (χ1n) is 45.3. The van der Waals surface area contributed by atoms with Gasteiger partial charge in [-0.2, -0.15) is 31.8 Å². The normalized spacial score (nSPS) is 19.0. The van der Waals surface area contributed by atoms with E-state index in [0.29, 0.717) is 119 Å². The molecule has 5 aliphatic heterocycles. The van der Waals surface area contributed by atoms with Gasteiger partial charge in [-0.3, -0.25) is 9.13 Å². The second-order valence-electron chi connectivity index (χ2n) is 39.1. The monoisotopic (exact) mass is 2380 g/mol. The van der Waals surface area contributed by atoms with Gasteiger partial charge in [0.15, 0.2) is 41.0 Å². The van der Waals surface area contributed by atoms with Gasteiger partial charge < -0.3 is 67.5 Å². The zero-order chi connectivity index (χ0) is 105. The number of nitrogens with zero attached hydrogens (tertiary/aromatic N) is 17. The number of halogens is 5. The summed E-state index contributed by atoms with van der Waals surface area (Å²) in [5.41, 5.74) is 9.87. The number of ether oxygens (including phenoxy) is 8. The minimum absolute atomic E-state index is 0.179. The van der Waals surface area contributed by atoms with Crippen LogP contribution in [0.3, 0.4) is 0 Å².